The number of carboxylic acids is 1. The molecule has 0 fully saturated rings. The van der Waals surface area contributed by atoms with E-state index in [4.69, 9.17) is 5.11 Å². The fraction of sp³-hybridized carbons (Fsp3) is 0.143. The Labute approximate surface area is 127 Å². The van der Waals surface area contributed by atoms with Crippen molar-refractivity contribution in [2.24, 2.45) is 0 Å². The molecule has 0 unspecified atom stereocenters. The third-order valence-electron chi connectivity index (χ3n) is 2.77. The van der Waals surface area contributed by atoms with E-state index >= 15 is 0 Å². The SMILES string of the molecule is CCS(=O)(=O)c1ccc(Sc2ccc(C(=O)O)cn2)cc1. The number of aromatic carboxylic acids is 1. The third-order valence-corrected chi connectivity index (χ3v) is 5.48. The van der Waals surface area contributed by atoms with Gasteiger partial charge in [0.05, 0.1) is 16.2 Å². The van der Waals surface area contributed by atoms with Crippen molar-refractivity contribution in [3.63, 3.8) is 0 Å². The Morgan fingerprint density at radius 2 is 1.86 bits per heavy atom. The first-order chi connectivity index (χ1) is 9.92. The van der Waals surface area contributed by atoms with Gasteiger partial charge in [-0.25, -0.2) is 18.2 Å². The van der Waals surface area contributed by atoms with Crippen LogP contribution in [0.4, 0.5) is 0 Å². The minimum atomic E-state index is -3.19. The smallest absolute Gasteiger partial charge is 0.337 e. The van der Waals surface area contributed by atoms with Gasteiger partial charge in [-0.15, -0.1) is 0 Å². The van der Waals surface area contributed by atoms with Crippen LogP contribution in [-0.4, -0.2) is 30.2 Å². The monoisotopic (exact) mass is 323 g/mol. The number of hydrogen-bond donors (Lipinski definition) is 1. The van der Waals surface area contributed by atoms with Gasteiger partial charge in [0.15, 0.2) is 9.84 Å². The van der Waals surface area contributed by atoms with Gasteiger partial charge in [-0.1, -0.05) is 18.7 Å². The number of pyridine rings is 1. The van der Waals surface area contributed by atoms with Crippen LogP contribution in [-0.2, 0) is 9.84 Å². The number of benzene rings is 1. The zero-order valence-electron chi connectivity index (χ0n) is 11.2. The topological polar surface area (TPSA) is 84.3 Å². The van der Waals surface area contributed by atoms with Gasteiger partial charge in [-0.05, 0) is 36.4 Å². The zero-order valence-corrected chi connectivity index (χ0v) is 12.8. The standard InChI is InChI=1S/C14H13NO4S2/c1-2-21(18,19)12-6-4-11(5-7-12)20-13-8-3-10(9-15-13)14(16)17/h3-9H,2H2,1H3,(H,16,17). The summed E-state index contributed by atoms with van der Waals surface area (Å²) in [5.41, 5.74) is 0.128. The fourth-order valence-corrected chi connectivity index (χ4v) is 3.21. The van der Waals surface area contributed by atoms with Crippen molar-refractivity contribution in [1.29, 1.82) is 0 Å². The average molecular weight is 323 g/mol. The maximum atomic E-state index is 11.7. The number of sulfone groups is 1. The molecule has 0 aliphatic heterocycles. The molecule has 1 heterocycles. The maximum absolute atomic E-state index is 11.7. The second-order valence-corrected chi connectivity index (χ2v) is 7.54. The van der Waals surface area contributed by atoms with Crippen LogP contribution in [0.3, 0.4) is 0 Å². The molecular weight excluding hydrogens is 310 g/mol. The number of hydrogen-bond acceptors (Lipinski definition) is 5. The lowest BCUT2D eigenvalue weighted by atomic mass is 10.3. The van der Waals surface area contributed by atoms with E-state index in [0.29, 0.717) is 9.92 Å². The molecule has 21 heavy (non-hydrogen) atoms. The van der Waals surface area contributed by atoms with E-state index in [1.54, 1.807) is 37.3 Å². The predicted octanol–water partition coefficient (Wildman–Crippen LogP) is 2.72. The lowest BCUT2D eigenvalue weighted by molar-refractivity contribution is 0.0696. The Balaban J connectivity index is 2.15. The molecule has 110 valence electrons. The van der Waals surface area contributed by atoms with Crippen molar-refractivity contribution in [3.05, 3.63) is 48.2 Å². The quantitative estimate of drug-likeness (QED) is 0.911. The average Bonchev–Trinajstić information content (AvgIpc) is 2.48. The Bertz CT molecular complexity index is 738. The highest BCUT2D eigenvalue weighted by Crippen LogP contribution is 2.27. The van der Waals surface area contributed by atoms with Crippen molar-refractivity contribution in [2.45, 2.75) is 21.7 Å². The van der Waals surface area contributed by atoms with Crippen molar-refractivity contribution < 1.29 is 18.3 Å². The molecule has 5 nitrogen and oxygen atoms in total. The van der Waals surface area contributed by atoms with E-state index in [1.807, 2.05) is 0 Å². The highest BCUT2D eigenvalue weighted by atomic mass is 32.2. The summed E-state index contributed by atoms with van der Waals surface area (Å²) < 4.78 is 23.4. The van der Waals surface area contributed by atoms with Crippen molar-refractivity contribution in [1.82, 2.24) is 4.98 Å². The van der Waals surface area contributed by atoms with E-state index in [2.05, 4.69) is 4.98 Å². The molecule has 0 aliphatic carbocycles. The molecule has 0 saturated carbocycles. The van der Waals surface area contributed by atoms with Crippen LogP contribution in [0.2, 0.25) is 0 Å². The summed E-state index contributed by atoms with van der Waals surface area (Å²) in [6.07, 6.45) is 1.29. The van der Waals surface area contributed by atoms with Crippen LogP contribution in [0.1, 0.15) is 17.3 Å². The largest absolute Gasteiger partial charge is 0.478 e. The van der Waals surface area contributed by atoms with Gasteiger partial charge < -0.3 is 5.11 Å². The van der Waals surface area contributed by atoms with Crippen molar-refractivity contribution >= 4 is 27.6 Å². The highest BCUT2D eigenvalue weighted by molar-refractivity contribution is 7.99. The second-order valence-electron chi connectivity index (χ2n) is 4.17. The molecule has 0 saturated heterocycles. The van der Waals surface area contributed by atoms with E-state index in [-0.39, 0.29) is 11.3 Å². The predicted molar refractivity (Wildman–Crippen MR) is 79.5 cm³/mol. The molecule has 0 aliphatic rings. The van der Waals surface area contributed by atoms with E-state index in [0.717, 1.165) is 4.90 Å². The van der Waals surface area contributed by atoms with Crippen molar-refractivity contribution in [2.75, 3.05) is 5.75 Å². The Hall–Kier alpha value is -1.86. The summed E-state index contributed by atoms with van der Waals surface area (Å²) in [4.78, 5) is 15.9. The molecule has 1 aromatic heterocycles. The Kier molecular flexibility index (Phi) is 4.64. The molecule has 0 amide bonds. The third kappa shape index (κ3) is 3.83. The van der Waals surface area contributed by atoms with E-state index < -0.39 is 15.8 Å². The minimum Gasteiger partial charge on any atom is -0.478 e. The number of rotatable bonds is 5. The molecule has 7 heteroatoms. The number of carbonyl (C=O) groups is 1. The number of nitrogens with zero attached hydrogens (tertiary/aromatic N) is 1. The summed E-state index contributed by atoms with van der Waals surface area (Å²) >= 11 is 1.34. The highest BCUT2D eigenvalue weighted by Gasteiger charge is 2.11. The second kappa shape index (κ2) is 6.28. The van der Waals surface area contributed by atoms with Gasteiger partial charge >= 0.3 is 5.97 Å². The minimum absolute atomic E-state index is 0.0672. The summed E-state index contributed by atoms with van der Waals surface area (Å²) in [5.74, 6) is -0.953. The van der Waals surface area contributed by atoms with Crippen LogP contribution in [0.15, 0.2) is 57.4 Å². The van der Waals surface area contributed by atoms with Crippen LogP contribution in [0.5, 0.6) is 0 Å². The lowest BCUT2D eigenvalue weighted by Crippen LogP contribution is -2.02. The molecule has 0 bridgehead atoms. The summed E-state index contributed by atoms with van der Waals surface area (Å²) in [5, 5.41) is 9.44. The zero-order chi connectivity index (χ0) is 15.5. The van der Waals surface area contributed by atoms with Crippen LogP contribution >= 0.6 is 11.8 Å². The molecule has 2 aromatic rings. The molecule has 0 radical (unpaired) electrons. The normalized spacial score (nSPS) is 11.3. The Morgan fingerprint density at radius 3 is 2.33 bits per heavy atom. The van der Waals surface area contributed by atoms with Gasteiger partial charge in [-0.2, -0.15) is 0 Å². The van der Waals surface area contributed by atoms with Crippen molar-refractivity contribution in [3.8, 4) is 0 Å². The fourth-order valence-electron chi connectivity index (χ4n) is 1.57. The first kappa shape index (κ1) is 15.5. The van der Waals surface area contributed by atoms with Gasteiger partial charge in [0, 0.05) is 11.1 Å². The van der Waals surface area contributed by atoms with Crippen LogP contribution in [0, 0.1) is 0 Å². The summed E-state index contributed by atoms with van der Waals surface area (Å²) in [6.45, 7) is 1.60. The molecule has 0 atom stereocenters. The first-order valence-corrected chi connectivity index (χ1v) is 8.59. The lowest BCUT2D eigenvalue weighted by Gasteiger charge is -2.04. The molecule has 2 rings (SSSR count). The van der Waals surface area contributed by atoms with E-state index in [1.165, 1.54) is 24.0 Å². The number of aromatic nitrogens is 1. The molecule has 1 aromatic carbocycles. The molecule has 0 spiro atoms. The van der Waals surface area contributed by atoms with Gasteiger partial charge in [0.1, 0.15) is 5.03 Å². The van der Waals surface area contributed by atoms with E-state index in [9.17, 15) is 13.2 Å². The number of carboxylic acid groups (broad SMARTS) is 1. The van der Waals surface area contributed by atoms with Crippen LogP contribution < -0.4 is 0 Å². The first-order valence-electron chi connectivity index (χ1n) is 6.12. The van der Waals surface area contributed by atoms with Gasteiger partial charge in [0.25, 0.3) is 0 Å². The summed E-state index contributed by atoms with van der Waals surface area (Å²) in [6, 6.07) is 9.64. The maximum Gasteiger partial charge on any atom is 0.337 e. The van der Waals surface area contributed by atoms with Gasteiger partial charge in [0.2, 0.25) is 0 Å². The van der Waals surface area contributed by atoms with Gasteiger partial charge in [-0.3, -0.25) is 0 Å². The van der Waals surface area contributed by atoms with Crippen LogP contribution in [0.25, 0.3) is 0 Å². The molecular formula is C14H13NO4S2. The summed E-state index contributed by atoms with van der Waals surface area (Å²) in [7, 11) is -3.19. The Morgan fingerprint density at radius 1 is 1.19 bits per heavy atom. The molecule has 1 N–H and O–H groups in total.